The smallest absolute Gasteiger partial charge is 0.228 e. The van der Waals surface area contributed by atoms with Crippen molar-refractivity contribution in [2.75, 3.05) is 39.4 Å². The second-order valence-corrected chi connectivity index (χ2v) is 5.77. The van der Waals surface area contributed by atoms with Crippen LogP contribution in [0, 0.1) is 5.41 Å². The third-order valence-corrected chi connectivity index (χ3v) is 3.38. The molecule has 2 rings (SSSR count). The van der Waals surface area contributed by atoms with Crippen molar-refractivity contribution < 1.29 is 9.53 Å². The summed E-state index contributed by atoms with van der Waals surface area (Å²) >= 11 is 0. The van der Waals surface area contributed by atoms with E-state index < -0.39 is 0 Å². The van der Waals surface area contributed by atoms with Crippen molar-refractivity contribution in [3.05, 3.63) is 0 Å². The predicted molar refractivity (Wildman–Crippen MR) is 62.2 cm³/mol. The molecular formula is C12H22N2O2. The van der Waals surface area contributed by atoms with Crippen LogP contribution in [0.15, 0.2) is 0 Å². The molecule has 2 aliphatic rings. The number of ether oxygens (including phenoxy) is 1. The minimum atomic E-state index is -0.248. The summed E-state index contributed by atoms with van der Waals surface area (Å²) in [5.74, 6) is 0.275. The van der Waals surface area contributed by atoms with Gasteiger partial charge < -0.3 is 9.64 Å². The maximum atomic E-state index is 12.1. The summed E-state index contributed by atoms with van der Waals surface area (Å²) in [5, 5.41) is 0. The van der Waals surface area contributed by atoms with Gasteiger partial charge in [-0.1, -0.05) is 20.8 Å². The Hall–Kier alpha value is -0.610. The first-order chi connectivity index (χ1) is 7.48. The van der Waals surface area contributed by atoms with Crippen LogP contribution < -0.4 is 0 Å². The van der Waals surface area contributed by atoms with Gasteiger partial charge in [-0.05, 0) is 0 Å². The van der Waals surface area contributed by atoms with Gasteiger partial charge in [0.2, 0.25) is 5.91 Å². The van der Waals surface area contributed by atoms with Crippen LogP contribution in [0.5, 0.6) is 0 Å². The van der Waals surface area contributed by atoms with Crippen molar-refractivity contribution in [1.29, 1.82) is 0 Å². The fourth-order valence-corrected chi connectivity index (χ4v) is 2.20. The lowest BCUT2D eigenvalue weighted by molar-refractivity contribution is -0.143. The van der Waals surface area contributed by atoms with E-state index in [0.29, 0.717) is 6.04 Å². The topological polar surface area (TPSA) is 32.8 Å². The van der Waals surface area contributed by atoms with Crippen LogP contribution in [0.2, 0.25) is 0 Å². The van der Waals surface area contributed by atoms with Crippen LogP contribution in [-0.2, 0) is 9.53 Å². The highest BCUT2D eigenvalue weighted by Crippen LogP contribution is 2.20. The Morgan fingerprint density at radius 2 is 1.69 bits per heavy atom. The summed E-state index contributed by atoms with van der Waals surface area (Å²) in [4.78, 5) is 16.5. The first-order valence-electron chi connectivity index (χ1n) is 6.09. The standard InChI is InChI=1S/C12H22N2O2/c1-12(2,3)11(15)14-6-4-13(5-7-14)10-8-16-9-10/h10H,4-9H2,1-3H3. The molecule has 0 bridgehead atoms. The monoisotopic (exact) mass is 226 g/mol. The summed E-state index contributed by atoms with van der Waals surface area (Å²) in [6, 6.07) is 0.604. The highest BCUT2D eigenvalue weighted by Gasteiger charge is 2.33. The molecule has 0 radical (unpaired) electrons. The van der Waals surface area contributed by atoms with Gasteiger partial charge >= 0.3 is 0 Å². The number of piperazine rings is 1. The molecule has 0 aromatic rings. The molecule has 4 nitrogen and oxygen atoms in total. The molecule has 2 heterocycles. The van der Waals surface area contributed by atoms with Gasteiger partial charge in [0.25, 0.3) is 0 Å². The lowest BCUT2D eigenvalue weighted by Gasteiger charge is -2.43. The average molecular weight is 226 g/mol. The fourth-order valence-electron chi connectivity index (χ4n) is 2.20. The maximum absolute atomic E-state index is 12.1. The number of rotatable bonds is 1. The van der Waals surface area contributed by atoms with Crippen LogP contribution in [0.4, 0.5) is 0 Å². The molecule has 0 aromatic carbocycles. The second kappa shape index (κ2) is 4.34. The van der Waals surface area contributed by atoms with Gasteiger partial charge in [0, 0.05) is 31.6 Å². The molecule has 2 fully saturated rings. The van der Waals surface area contributed by atoms with Crippen molar-refractivity contribution in [2.24, 2.45) is 5.41 Å². The largest absolute Gasteiger partial charge is 0.378 e. The van der Waals surface area contributed by atoms with E-state index in [1.165, 1.54) is 0 Å². The molecule has 16 heavy (non-hydrogen) atoms. The van der Waals surface area contributed by atoms with Crippen molar-refractivity contribution in [3.63, 3.8) is 0 Å². The van der Waals surface area contributed by atoms with Crippen molar-refractivity contribution in [3.8, 4) is 0 Å². The van der Waals surface area contributed by atoms with E-state index >= 15 is 0 Å². The summed E-state index contributed by atoms with van der Waals surface area (Å²) in [6.45, 7) is 11.4. The van der Waals surface area contributed by atoms with E-state index in [1.54, 1.807) is 0 Å². The molecule has 0 unspecified atom stereocenters. The lowest BCUT2D eigenvalue weighted by Crippen LogP contribution is -2.58. The van der Waals surface area contributed by atoms with Gasteiger partial charge in [-0.15, -0.1) is 0 Å². The van der Waals surface area contributed by atoms with E-state index in [0.717, 1.165) is 39.4 Å². The molecule has 2 saturated heterocycles. The quantitative estimate of drug-likeness (QED) is 0.655. The van der Waals surface area contributed by atoms with Gasteiger partial charge in [-0.2, -0.15) is 0 Å². The summed E-state index contributed by atoms with van der Waals surface area (Å²) in [6.07, 6.45) is 0. The number of hydrogen-bond donors (Lipinski definition) is 0. The number of hydrogen-bond acceptors (Lipinski definition) is 3. The Balaban J connectivity index is 1.82. The molecule has 1 amide bonds. The van der Waals surface area contributed by atoms with Crippen molar-refractivity contribution in [2.45, 2.75) is 26.8 Å². The normalized spacial score (nSPS) is 24.3. The molecule has 2 aliphatic heterocycles. The lowest BCUT2D eigenvalue weighted by atomic mass is 9.94. The predicted octanol–water partition coefficient (Wildman–Crippen LogP) is 0.575. The van der Waals surface area contributed by atoms with Crippen molar-refractivity contribution >= 4 is 5.91 Å². The van der Waals surface area contributed by atoms with E-state index in [2.05, 4.69) is 4.90 Å². The first-order valence-corrected chi connectivity index (χ1v) is 6.09. The Labute approximate surface area is 97.5 Å². The average Bonchev–Trinajstić information content (AvgIpc) is 2.14. The highest BCUT2D eigenvalue weighted by molar-refractivity contribution is 5.81. The Bertz CT molecular complexity index is 261. The fraction of sp³-hybridized carbons (Fsp3) is 0.917. The molecule has 4 heteroatoms. The van der Waals surface area contributed by atoms with E-state index in [1.807, 2.05) is 25.7 Å². The number of carbonyl (C=O) groups is 1. The van der Waals surface area contributed by atoms with Gasteiger partial charge in [0.05, 0.1) is 19.3 Å². The van der Waals surface area contributed by atoms with Crippen molar-refractivity contribution in [1.82, 2.24) is 9.80 Å². The summed E-state index contributed by atoms with van der Waals surface area (Å²) in [5.41, 5.74) is -0.248. The Morgan fingerprint density at radius 1 is 1.12 bits per heavy atom. The van der Waals surface area contributed by atoms with Crippen LogP contribution in [0.25, 0.3) is 0 Å². The number of nitrogens with zero attached hydrogens (tertiary/aromatic N) is 2. The molecule has 0 atom stereocenters. The molecule has 0 saturated carbocycles. The third kappa shape index (κ3) is 2.38. The maximum Gasteiger partial charge on any atom is 0.228 e. The molecule has 0 N–H and O–H groups in total. The van der Waals surface area contributed by atoms with E-state index in [-0.39, 0.29) is 11.3 Å². The zero-order valence-electron chi connectivity index (χ0n) is 10.5. The summed E-state index contributed by atoms with van der Waals surface area (Å²) < 4.78 is 5.19. The van der Waals surface area contributed by atoms with Gasteiger partial charge in [-0.3, -0.25) is 9.69 Å². The third-order valence-electron chi connectivity index (χ3n) is 3.38. The van der Waals surface area contributed by atoms with Crippen LogP contribution in [0.1, 0.15) is 20.8 Å². The number of amides is 1. The van der Waals surface area contributed by atoms with Gasteiger partial charge in [-0.25, -0.2) is 0 Å². The number of carbonyl (C=O) groups excluding carboxylic acids is 1. The highest BCUT2D eigenvalue weighted by atomic mass is 16.5. The summed E-state index contributed by atoms with van der Waals surface area (Å²) in [7, 11) is 0. The van der Waals surface area contributed by atoms with Crippen LogP contribution >= 0.6 is 0 Å². The zero-order chi connectivity index (χ0) is 11.8. The SMILES string of the molecule is CC(C)(C)C(=O)N1CCN(C2COC2)CC1. The first kappa shape index (κ1) is 11.9. The molecule has 0 aromatic heterocycles. The van der Waals surface area contributed by atoms with Crippen LogP contribution in [0.3, 0.4) is 0 Å². The molecule has 0 spiro atoms. The van der Waals surface area contributed by atoms with Gasteiger partial charge in [0.1, 0.15) is 0 Å². The minimum absolute atomic E-state index is 0.248. The second-order valence-electron chi connectivity index (χ2n) is 5.77. The molecule has 92 valence electrons. The minimum Gasteiger partial charge on any atom is -0.378 e. The van der Waals surface area contributed by atoms with E-state index in [4.69, 9.17) is 4.74 Å². The van der Waals surface area contributed by atoms with E-state index in [9.17, 15) is 4.79 Å². The van der Waals surface area contributed by atoms with Crippen LogP contribution in [-0.4, -0.2) is 61.1 Å². The van der Waals surface area contributed by atoms with Gasteiger partial charge in [0.15, 0.2) is 0 Å². The zero-order valence-corrected chi connectivity index (χ0v) is 10.5. The Morgan fingerprint density at radius 3 is 2.06 bits per heavy atom. The molecule has 0 aliphatic carbocycles. The Kier molecular flexibility index (Phi) is 3.22. The molecular weight excluding hydrogens is 204 g/mol.